The predicted octanol–water partition coefficient (Wildman–Crippen LogP) is 1.52. The zero-order chi connectivity index (χ0) is 10.0. The van der Waals surface area contributed by atoms with Crippen molar-refractivity contribution in [1.29, 1.82) is 0 Å². The van der Waals surface area contributed by atoms with E-state index < -0.39 is 5.60 Å². The molecule has 1 aromatic carbocycles. The van der Waals surface area contributed by atoms with Gasteiger partial charge in [-0.15, -0.1) is 0 Å². The molecule has 2 rings (SSSR count). The van der Waals surface area contributed by atoms with Crippen LogP contribution in [0.3, 0.4) is 0 Å². The molecule has 0 aliphatic carbocycles. The molecule has 0 spiro atoms. The van der Waals surface area contributed by atoms with Crippen LogP contribution in [0.4, 0.5) is 0 Å². The van der Waals surface area contributed by atoms with Gasteiger partial charge in [-0.1, -0.05) is 30.3 Å². The lowest BCUT2D eigenvalue weighted by Gasteiger charge is -2.06. The monoisotopic (exact) mass is 192 g/mol. The first-order chi connectivity index (χ1) is 6.71. The molecule has 3 heteroatoms. The first-order valence-electron chi connectivity index (χ1n) is 4.56. The third-order valence-corrected chi connectivity index (χ3v) is 2.22. The molecule has 1 fully saturated rings. The van der Waals surface area contributed by atoms with Gasteiger partial charge in [-0.05, 0) is 12.5 Å². The van der Waals surface area contributed by atoms with Crippen LogP contribution in [0.15, 0.2) is 30.3 Å². The summed E-state index contributed by atoms with van der Waals surface area (Å²) in [5, 5.41) is 0. The smallest absolute Gasteiger partial charge is 0.340 e. The van der Waals surface area contributed by atoms with Crippen LogP contribution in [0.2, 0.25) is 0 Å². The average Bonchev–Trinajstić information content (AvgIpc) is 2.96. The van der Waals surface area contributed by atoms with Crippen LogP contribution in [0, 0.1) is 0 Å². The summed E-state index contributed by atoms with van der Waals surface area (Å²) in [6.45, 7) is 2.53. The third-order valence-electron chi connectivity index (χ3n) is 2.22. The molecule has 3 nitrogen and oxygen atoms in total. The van der Waals surface area contributed by atoms with Crippen molar-refractivity contribution >= 4 is 5.97 Å². The standard InChI is InChI=1S/C11H12O3/c1-11(8-14-11)10(12)13-7-9-5-3-2-4-6-9/h2-6H,7-8H2,1H3. The molecular formula is C11H12O3. The van der Waals surface area contributed by atoms with Crippen LogP contribution in [-0.4, -0.2) is 18.2 Å². The SMILES string of the molecule is CC1(C(=O)OCc2ccccc2)CO1. The Morgan fingerprint density at radius 2 is 2.14 bits per heavy atom. The minimum absolute atomic E-state index is 0.277. The number of hydrogen-bond acceptors (Lipinski definition) is 3. The van der Waals surface area contributed by atoms with Crippen LogP contribution in [-0.2, 0) is 20.9 Å². The van der Waals surface area contributed by atoms with E-state index in [0.717, 1.165) is 5.56 Å². The number of carbonyl (C=O) groups excluding carboxylic acids is 1. The molecule has 0 amide bonds. The number of esters is 1. The van der Waals surface area contributed by atoms with E-state index in [-0.39, 0.29) is 5.97 Å². The Labute approximate surface area is 82.6 Å². The number of carbonyl (C=O) groups is 1. The summed E-state index contributed by atoms with van der Waals surface area (Å²) in [4.78, 5) is 11.4. The Kier molecular flexibility index (Phi) is 2.25. The van der Waals surface area contributed by atoms with Crippen molar-refractivity contribution in [2.24, 2.45) is 0 Å². The van der Waals surface area contributed by atoms with Crippen LogP contribution in [0.1, 0.15) is 12.5 Å². The van der Waals surface area contributed by atoms with E-state index in [2.05, 4.69) is 0 Å². The molecule has 1 heterocycles. The molecule has 1 saturated heterocycles. The third kappa shape index (κ3) is 1.93. The molecule has 0 radical (unpaired) electrons. The normalized spacial score (nSPS) is 24.4. The van der Waals surface area contributed by atoms with E-state index >= 15 is 0 Å². The molecule has 0 N–H and O–H groups in total. The lowest BCUT2D eigenvalue weighted by atomic mass is 10.2. The summed E-state index contributed by atoms with van der Waals surface area (Å²) in [5.41, 5.74) is 0.319. The number of ether oxygens (including phenoxy) is 2. The summed E-state index contributed by atoms with van der Waals surface area (Å²) in [6, 6.07) is 9.60. The predicted molar refractivity (Wildman–Crippen MR) is 50.6 cm³/mol. The fourth-order valence-electron chi connectivity index (χ4n) is 1.10. The number of hydrogen-bond donors (Lipinski definition) is 0. The van der Waals surface area contributed by atoms with E-state index in [9.17, 15) is 4.79 Å². The highest BCUT2D eigenvalue weighted by molar-refractivity contribution is 5.81. The molecule has 1 unspecified atom stereocenters. The molecule has 1 atom stereocenters. The second-order valence-electron chi connectivity index (χ2n) is 3.58. The summed E-state index contributed by atoms with van der Waals surface area (Å²) in [7, 11) is 0. The van der Waals surface area contributed by atoms with Crippen molar-refractivity contribution in [2.45, 2.75) is 19.1 Å². The summed E-state index contributed by atoms with van der Waals surface area (Å²) >= 11 is 0. The topological polar surface area (TPSA) is 38.8 Å². The van der Waals surface area contributed by atoms with Gasteiger partial charge >= 0.3 is 5.97 Å². The highest BCUT2D eigenvalue weighted by atomic mass is 16.6. The molecule has 14 heavy (non-hydrogen) atoms. The highest BCUT2D eigenvalue weighted by Crippen LogP contribution is 2.27. The fourth-order valence-corrected chi connectivity index (χ4v) is 1.10. The van der Waals surface area contributed by atoms with E-state index in [4.69, 9.17) is 9.47 Å². The lowest BCUT2D eigenvalue weighted by molar-refractivity contribution is -0.150. The Bertz CT molecular complexity index is 328. The minimum Gasteiger partial charge on any atom is -0.459 e. The van der Waals surface area contributed by atoms with Gasteiger partial charge in [0.1, 0.15) is 6.61 Å². The maximum atomic E-state index is 11.4. The Hall–Kier alpha value is -1.35. The molecule has 0 saturated carbocycles. The molecule has 1 aliphatic heterocycles. The van der Waals surface area contributed by atoms with E-state index in [1.807, 2.05) is 30.3 Å². The van der Waals surface area contributed by atoms with Crippen LogP contribution in [0.25, 0.3) is 0 Å². The zero-order valence-electron chi connectivity index (χ0n) is 8.03. The first kappa shape index (κ1) is 9.21. The van der Waals surface area contributed by atoms with E-state index in [1.165, 1.54) is 0 Å². The van der Waals surface area contributed by atoms with Crippen LogP contribution >= 0.6 is 0 Å². The Morgan fingerprint density at radius 1 is 1.50 bits per heavy atom. The number of rotatable bonds is 3. The van der Waals surface area contributed by atoms with Gasteiger partial charge in [0.05, 0.1) is 6.61 Å². The molecule has 0 bridgehead atoms. The van der Waals surface area contributed by atoms with Crippen molar-refractivity contribution < 1.29 is 14.3 Å². The number of benzene rings is 1. The second-order valence-corrected chi connectivity index (χ2v) is 3.58. The van der Waals surface area contributed by atoms with Gasteiger partial charge in [0.25, 0.3) is 0 Å². The average molecular weight is 192 g/mol. The van der Waals surface area contributed by atoms with Crippen molar-refractivity contribution in [1.82, 2.24) is 0 Å². The maximum Gasteiger partial charge on any atom is 0.340 e. The summed E-state index contributed by atoms with van der Waals surface area (Å²) in [6.07, 6.45) is 0. The van der Waals surface area contributed by atoms with Crippen molar-refractivity contribution in [3.8, 4) is 0 Å². The van der Waals surface area contributed by atoms with Gasteiger partial charge < -0.3 is 9.47 Å². The van der Waals surface area contributed by atoms with E-state index in [1.54, 1.807) is 6.92 Å². The summed E-state index contributed by atoms with van der Waals surface area (Å²) in [5.74, 6) is -0.277. The van der Waals surface area contributed by atoms with Crippen LogP contribution in [0.5, 0.6) is 0 Å². The van der Waals surface area contributed by atoms with Gasteiger partial charge in [-0.25, -0.2) is 4.79 Å². The molecule has 1 aliphatic rings. The van der Waals surface area contributed by atoms with Crippen molar-refractivity contribution in [2.75, 3.05) is 6.61 Å². The van der Waals surface area contributed by atoms with E-state index in [0.29, 0.717) is 13.2 Å². The Morgan fingerprint density at radius 3 is 2.71 bits per heavy atom. The molecule has 0 aromatic heterocycles. The Balaban J connectivity index is 1.86. The van der Waals surface area contributed by atoms with Gasteiger partial charge in [-0.2, -0.15) is 0 Å². The minimum atomic E-state index is -0.672. The van der Waals surface area contributed by atoms with Crippen molar-refractivity contribution in [3.63, 3.8) is 0 Å². The fraction of sp³-hybridized carbons (Fsp3) is 0.364. The quantitative estimate of drug-likeness (QED) is 0.538. The van der Waals surface area contributed by atoms with Gasteiger partial charge in [-0.3, -0.25) is 0 Å². The zero-order valence-corrected chi connectivity index (χ0v) is 8.03. The van der Waals surface area contributed by atoms with Crippen LogP contribution < -0.4 is 0 Å². The van der Waals surface area contributed by atoms with Gasteiger partial charge in [0, 0.05) is 0 Å². The summed E-state index contributed by atoms with van der Waals surface area (Å²) < 4.78 is 10.1. The molecule has 1 aromatic rings. The maximum absolute atomic E-state index is 11.4. The largest absolute Gasteiger partial charge is 0.459 e. The lowest BCUT2D eigenvalue weighted by Crippen LogP contribution is -2.22. The van der Waals surface area contributed by atoms with Gasteiger partial charge in [0.2, 0.25) is 0 Å². The van der Waals surface area contributed by atoms with Crippen molar-refractivity contribution in [3.05, 3.63) is 35.9 Å². The molecular weight excluding hydrogens is 180 g/mol. The van der Waals surface area contributed by atoms with Gasteiger partial charge in [0.15, 0.2) is 5.60 Å². The number of epoxide rings is 1. The second kappa shape index (κ2) is 3.42. The molecule has 74 valence electrons. The highest BCUT2D eigenvalue weighted by Gasteiger charge is 2.48. The first-order valence-corrected chi connectivity index (χ1v) is 4.56.